The topological polar surface area (TPSA) is 105 Å². The van der Waals surface area contributed by atoms with Crippen molar-refractivity contribution in [3.63, 3.8) is 0 Å². The molecule has 2 amide bonds. The summed E-state index contributed by atoms with van der Waals surface area (Å²) in [5, 5.41) is 12.0. The number of fused-ring (bicyclic) bond motifs is 1. The van der Waals surface area contributed by atoms with E-state index in [4.69, 9.17) is 14.6 Å². The van der Waals surface area contributed by atoms with E-state index >= 15 is 0 Å². The number of ether oxygens (including phenoxy) is 2. The summed E-state index contributed by atoms with van der Waals surface area (Å²) in [6.45, 7) is 8.19. The molecule has 0 radical (unpaired) electrons. The van der Waals surface area contributed by atoms with Crippen LogP contribution in [0.3, 0.4) is 0 Å². The number of hydrogen-bond donors (Lipinski definition) is 2. The molecule has 0 saturated carbocycles. The predicted octanol–water partition coefficient (Wildman–Crippen LogP) is 1.00. The molecule has 3 fully saturated rings. The zero-order chi connectivity index (χ0) is 21.4. The Morgan fingerprint density at radius 1 is 1.31 bits per heavy atom. The maximum atomic E-state index is 13.4. The van der Waals surface area contributed by atoms with Gasteiger partial charge in [0.25, 0.3) is 0 Å². The SMILES string of the molecule is CCOC(=O)[C@@H]1[C@H]2C(=O)N(CCCCCO)[C@H](C(=O)NC(C)(C)C)[C@]23CC[C@H]1O3. The fourth-order valence-electron chi connectivity index (χ4n) is 5.21. The van der Waals surface area contributed by atoms with Gasteiger partial charge in [-0.2, -0.15) is 0 Å². The van der Waals surface area contributed by atoms with Crippen molar-refractivity contribution in [3.8, 4) is 0 Å². The minimum absolute atomic E-state index is 0.101. The minimum atomic E-state index is -0.967. The van der Waals surface area contributed by atoms with Crippen LogP contribution in [0, 0.1) is 11.8 Å². The van der Waals surface area contributed by atoms with E-state index in [0.29, 0.717) is 32.2 Å². The summed E-state index contributed by atoms with van der Waals surface area (Å²) < 4.78 is 11.5. The molecule has 8 nitrogen and oxygen atoms in total. The zero-order valence-corrected chi connectivity index (χ0v) is 17.9. The highest BCUT2D eigenvalue weighted by atomic mass is 16.6. The maximum Gasteiger partial charge on any atom is 0.312 e. The smallest absolute Gasteiger partial charge is 0.312 e. The molecular formula is C21H34N2O6. The van der Waals surface area contributed by atoms with Crippen molar-refractivity contribution in [2.75, 3.05) is 19.8 Å². The number of hydrogen-bond acceptors (Lipinski definition) is 6. The summed E-state index contributed by atoms with van der Waals surface area (Å²) in [5.41, 5.74) is -1.42. The van der Waals surface area contributed by atoms with Crippen LogP contribution in [-0.2, 0) is 23.9 Å². The van der Waals surface area contributed by atoms with Crippen molar-refractivity contribution in [2.45, 2.75) is 83.1 Å². The monoisotopic (exact) mass is 410 g/mol. The van der Waals surface area contributed by atoms with E-state index in [1.807, 2.05) is 20.8 Å². The normalized spacial score (nSPS) is 33.1. The van der Waals surface area contributed by atoms with Crippen LogP contribution in [0.4, 0.5) is 0 Å². The van der Waals surface area contributed by atoms with E-state index in [-0.39, 0.29) is 31.1 Å². The molecule has 2 N–H and O–H groups in total. The highest BCUT2D eigenvalue weighted by molar-refractivity contribution is 5.98. The van der Waals surface area contributed by atoms with Gasteiger partial charge >= 0.3 is 5.97 Å². The first-order chi connectivity index (χ1) is 13.7. The third-order valence-electron chi connectivity index (χ3n) is 6.16. The van der Waals surface area contributed by atoms with Crippen molar-refractivity contribution < 1.29 is 29.0 Å². The Morgan fingerprint density at radius 2 is 2.03 bits per heavy atom. The quantitative estimate of drug-likeness (QED) is 0.457. The van der Waals surface area contributed by atoms with E-state index in [2.05, 4.69) is 5.32 Å². The van der Waals surface area contributed by atoms with Gasteiger partial charge in [-0.05, 0) is 59.8 Å². The Hall–Kier alpha value is -1.67. The van der Waals surface area contributed by atoms with Crippen molar-refractivity contribution in [3.05, 3.63) is 0 Å². The zero-order valence-electron chi connectivity index (χ0n) is 17.9. The Morgan fingerprint density at radius 3 is 2.66 bits per heavy atom. The molecule has 29 heavy (non-hydrogen) atoms. The molecule has 0 unspecified atom stereocenters. The van der Waals surface area contributed by atoms with Crippen LogP contribution < -0.4 is 5.32 Å². The number of likely N-dealkylation sites (tertiary alicyclic amines) is 1. The van der Waals surface area contributed by atoms with E-state index in [0.717, 1.165) is 6.42 Å². The standard InChI is InChI=1S/C21H34N2O6/c1-5-28-19(27)14-13-9-10-21(29-13)15(14)18(26)23(11-7-6-8-12-24)16(21)17(25)22-20(2,3)4/h13-16,24H,5-12H2,1-4H3,(H,22,25)/t13-,14+,15+,16-,21+/m1/s1. The lowest BCUT2D eigenvalue weighted by atomic mass is 9.70. The van der Waals surface area contributed by atoms with E-state index in [1.54, 1.807) is 11.8 Å². The second-order valence-electron chi connectivity index (χ2n) is 9.36. The van der Waals surface area contributed by atoms with Gasteiger partial charge in [0.2, 0.25) is 11.8 Å². The molecule has 0 aromatic heterocycles. The van der Waals surface area contributed by atoms with Gasteiger partial charge < -0.3 is 24.8 Å². The Labute approximate surface area is 172 Å². The maximum absolute atomic E-state index is 13.4. The second-order valence-corrected chi connectivity index (χ2v) is 9.36. The van der Waals surface area contributed by atoms with Gasteiger partial charge in [0, 0.05) is 18.7 Å². The fraction of sp³-hybridized carbons (Fsp3) is 0.857. The summed E-state index contributed by atoms with van der Waals surface area (Å²) in [6, 6.07) is -0.752. The van der Waals surface area contributed by atoms with Crippen molar-refractivity contribution in [1.82, 2.24) is 10.2 Å². The molecule has 0 aromatic carbocycles. The van der Waals surface area contributed by atoms with Gasteiger partial charge in [0.1, 0.15) is 11.6 Å². The number of aliphatic hydroxyl groups is 1. The third-order valence-corrected chi connectivity index (χ3v) is 6.16. The molecule has 3 aliphatic heterocycles. The summed E-state index contributed by atoms with van der Waals surface area (Å²) in [6.07, 6.45) is 2.95. The van der Waals surface area contributed by atoms with Gasteiger partial charge in [-0.1, -0.05) is 0 Å². The van der Waals surface area contributed by atoms with Crippen LogP contribution in [0.5, 0.6) is 0 Å². The molecule has 1 spiro atoms. The summed E-state index contributed by atoms with van der Waals surface area (Å²) in [4.78, 5) is 41.0. The van der Waals surface area contributed by atoms with Crippen molar-refractivity contribution in [1.29, 1.82) is 0 Å². The number of nitrogens with zero attached hydrogens (tertiary/aromatic N) is 1. The second kappa shape index (κ2) is 8.22. The number of amides is 2. The van der Waals surface area contributed by atoms with Crippen LogP contribution in [0.2, 0.25) is 0 Å². The fourth-order valence-corrected chi connectivity index (χ4v) is 5.21. The average molecular weight is 411 g/mol. The molecule has 2 bridgehead atoms. The Bertz CT molecular complexity index is 660. The lowest BCUT2D eigenvalue weighted by Gasteiger charge is -2.35. The number of esters is 1. The lowest BCUT2D eigenvalue weighted by molar-refractivity contribution is -0.154. The van der Waals surface area contributed by atoms with Crippen LogP contribution >= 0.6 is 0 Å². The molecule has 3 saturated heterocycles. The molecule has 164 valence electrons. The largest absolute Gasteiger partial charge is 0.466 e. The lowest BCUT2D eigenvalue weighted by Crippen LogP contribution is -2.58. The van der Waals surface area contributed by atoms with Crippen LogP contribution in [0.15, 0.2) is 0 Å². The molecule has 0 aliphatic carbocycles. The van der Waals surface area contributed by atoms with Gasteiger partial charge in [-0.15, -0.1) is 0 Å². The van der Waals surface area contributed by atoms with Crippen LogP contribution in [-0.4, -0.2) is 70.8 Å². The first kappa shape index (κ1) is 22.0. The number of carbonyl (C=O) groups is 3. The molecule has 3 aliphatic rings. The first-order valence-electron chi connectivity index (χ1n) is 10.7. The number of carbonyl (C=O) groups excluding carboxylic acids is 3. The molecular weight excluding hydrogens is 376 g/mol. The number of unbranched alkanes of at least 4 members (excludes halogenated alkanes) is 2. The molecule has 5 atom stereocenters. The summed E-state index contributed by atoms with van der Waals surface area (Å²) in [7, 11) is 0. The Balaban J connectivity index is 1.91. The van der Waals surface area contributed by atoms with E-state index in [9.17, 15) is 14.4 Å². The van der Waals surface area contributed by atoms with Gasteiger partial charge in [-0.25, -0.2) is 0 Å². The number of rotatable bonds is 8. The van der Waals surface area contributed by atoms with Crippen molar-refractivity contribution >= 4 is 17.8 Å². The molecule has 0 aromatic rings. The van der Waals surface area contributed by atoms with E-state index in [1.165, 1.54) is 0 Å². The minimum Gasteiger partial charge on any atom is -0.466 e. The summed E-state index contributed by atoms with van der Waals surface area (Å²) in [5.74, 6) is -2.16. The van der Waals surface area contributed by atoms with Crippen molar-refractivity contribution in [2.24, 2.45) is 11.8 Å². The highest BCUT2D eigenvalue weighted by Crippen LogP contribution is 2.58. The predicted molar refractivity (Wildman–Crippen MR) is 105 cm³/mol. The third kappa shape index (κ3) is 3.89. The number of nitrogens with one attached hydrogen (secondary N) is 1. The molecule has 3 heterocycles. The van der Waals surface area contributed by atoms with Gasteiger partial charge in [-0.3, -0.25) is 14.4 Å². The Kier molecular flexibility index (Phi) is 6.24. The van der Waals surface area contributed by atoms with Gasteiger partial charge in [0.15, 0.2) is 0 Å². The highest BCUT2D eigenvalue weighted by Gasteiger charge is 2.74. The molecule has 8 heteroatoms. The van der Waals surface area contributed by atoms with Crippen LogP contribution in [0.25, 0.3) is 0 Å². The number of aliphatic hydroxyl groups excluding tert-OH is 1. The molecule has 3 rings (SSSR count). The first-order valence-corrected chi connectivity index (χ1v) is 10.7. The van der Waals surface area contributed by atoms with Gasteiger partial charge in [0.05, 0.1) is 24.5 Å². The summed E-state index contributed by atoms with van der Waals surface area (Å²) >= 11 is 0. The van der Waals surface area contributed by atoms with E-state index < -0.39 is 35.0 Å². The average Bonchev–Trinajstić information content (AvgIpc) is 3.25. The van der Waals surface area contributed by atoms with Crippen LogP contribution in [0.1, 0.15) is 59.8 Å².